The molecule has 4 nitrogen and oxygen atoms in total. The maximum absolute atomic E-state index is 4.95. The molecule has 5 rings (SSSR count). The molecule has 0 aromatic heterocycles. The molecule has 0 aliphatic heterocycles. The van der Waals surface area contributed by atoms with Gasteiger partial charge in [-0.3, -0.25) is 0 Å². The lowest BCUT2D eigenvalue weighted by molar-refractivity contribution is 1.09. The summed E-state index contributed by atoms with van der Waals surface area (Å²) >= 11 is 0. The molecule has 5 aromatic carbocycles. The van der Waals surface area contributed by atoms with Crippen LogP contribution in [0.25, 0.3) is 0 Å². The Bertz CT molecular complexity index is 1420. The van der Waals surface area contributed by atoms with Crippen LogP contribution in [0.2, 0.25) is 0 Å². The summed E-state index contributed by atoms with van der Waals surface area (Å²) in [4.78, 5) is 0. The Kier molecular flexibility index (Phi) is 7.28. The van der Waals surface area contributed by atoms with Gasteiger partial charge in [0, 0.05) is 16.9 Å². The zero-order chi connectivity index (χ0) is 25.5. The first-order valence-electron chi connectivity index (χ1n) is 12.4. The number of hydrogen-bond donors (Lipinski definition) is 2. The van der Waals surface area contributed by atoms with Crippen LogP contribution < -0.4 is 15.6 Å². The monoisotopic (exact) mass is 482 g/mol. The Labute approximate surface area is 218 Å². The first-order chi connectivity index (χ1) is 18.2. The maximum Gasteiger partial charge on any atom is 0.0713 e. The molecular formula is C33H30N4. The Hall–Kier alpha value is -4.83. The smallest absolute Gasteiger partial charge is 0.0713 e. The van der Waals surface area contributed by atoms with Crippen LogP contribution in [0.1, 0.15) is 16.7 Å². The number of aryl methyl sites for hydroxylation is 2. The summed E-state index contributed by atoms with van der Waals surface area (Å²) in [7, 11) is 0. The molecule has 0 saturated heterocycles. The van der Waals surface area contributed by atoms with Crippen molar-refractivity contribution in [2.75, 3.05) is 15.6 Å². The summed E-state index contributed by atoms with van der Waals surface area (Å²) in [6, 6.07) is 43.4. The van der Waals surface area contributed by atoms with Gasteiger partial charge in [-0.2, -0.15) is 5.10 Å². The number of hydrogen-bond acceptors (Lipinski definition) is 4. The van der Waals surface area contributed by atoms with Gasteiger partial charge in [-0.25, -0.2) is 5.01 Å². The average molecular weight is 483 g/mol. The van der Waals surface area contributed by atoms with Crippen LogP contribution in [-0.4, -0.2) is 6.21 Å². The number of hydrazone groups is 1. The fraction of sp³-hybridized carbons (Fsp3) is 0.0606. The predicted molar refractivity (Wildman–Crippen MR) is 158 cm³/mol. The van der Waals surface area contributed by atoms with E-state index in [-0.39, 0.29) is 0 Å². The maximum atomic E-state index is 4.95. The number of anilines is 6. The minimum atomic E-state index is 0.955. The molecule has 0 spiro atoms. The van der Waals surface area contributed by atoms with E-state index in [1.165, 1.54) is 11.1 Å². The van der Waals surface area contributed by atoms with Crippen LogP contribution in [0.4, 0.5) is 34.1 Å². The summed E-state index contributed by atoms with van der Waals surface area (Å²) < 4.78 is 0. The fourth-order valence-corrected chi connectivity index (χ4v) is 4.04. The fourth-order valence-electron chi connectivity index (χ4n) is 4.04. The van der Waals surface area contributed by atoms with Crippen LogP contribution >= 0.6 is 0 Å². The molecule has 0 heterocycles. The van der Waals surface area contributed by atoms with Crippen molar-refractivity contribution >= 4 is 40.3 Å². The molecule has 0 saturated carbocycles. The van der Waals surface area contributed by atoms with Gasteiger partial charge in [-0.05, 0) is 68.4 Å². The van der Waals surface area contributed by atoms with Crippen molar-refractivity contribution in [1.82, 2.24) is 0 Å². The second kappa shape index (κ2) is 11.3. The van der Waals surface area contributed by atoms with E-state index >= 15 is 0 Å². The van der Waals surface area contributed by atoms with Gasteiger partial charge < -0.3 is 10.6 Å². The van der Waals surface area contributed by atoms with Gasteiger partial charge in [-0.1, -0.05) is 83.9 Å². The lowest BCUT2D eigenvalue weighted by atomic mass is 10.1. The summed E-state index contributed by atoms with van der Waals surface area (Å²) in [6.07, 6.45) is 1.91. The lowest BCUT2D eigenvalue weighted by Gasteiger charge is -2.20. The van der Waals surface area contributed by atoms with Gasteiger partial charge in [0.15, 0.2) is 0 Å². The van der Waals surface area contributed by atoms with Crippen molar-refractivity contribution in [3.8, 4) is 0 Å². The van der Waals surface area contributed by atoms with Crippen LogP contribution in [0.15, 0.2) is 132 Å². The molecule has 0 aliphatic carbocycles. The van der Waals surface area contributed by atoms with E-state index in [0.717, 1.165) is 39.7 Å². The van der Waals surface area contributed by atoms with Gasteiger partial charge in [-0.15, -0.1) is 0 Å². The van der Waals surface area contributed by atoms with Crippen LogP contribution in [0.5, 0.6) is 0 Å². The summed E-state index contributed by atoms with van der Waals surface area (Å²) in [5, 5.41) is 14.1. The summed E-state index contributed by atoms with van der Waals surface area (Å²) in [6.45, 7) is 4.19. The van der Waals surface area contributed by atoms with Crippen LogP contribution in [0, 0.1) is 13.8 Å². The van der Waals surface area contributed by atoms with Crippen molar-refractivity contribution in [1.29, 1.82) is 0 Å². The molecule has 0 unspecified atom stereocenters. The Morgan fingerprint density at radius 1 is 0.541 bits per heavy atom. The van der Waals surface area contributed by atoms with E-state index in [1.807, 2.05) is 53.7 Å². The standard InChI is InChI=1S/C33H30N4/c1-25-16-20-28(21-17-25)35-32-15-9-10-27(33(32)36-29-22-18-26(2)19-23-29)24-34-37(30-11-5-3-6-12-30)31-13-7-4-8-14-31/h3-24,35-36H,1-2H3. The van der Waals surface area contributed by atoms with Crippen molar-refractivity contribution < 1.29 is 0 Å². The van der Waals surface area contributed by atoms with Crippen molar-refractivity contribution in [2.45, 2.75) is 13.8 Å². The molecule has 0 fully saturated rings. The van der Waals surface area contributed by atoms with Crippen LogP contribution in [-0.2, 0) is 0 Å². The second-order valence-corrected chi connectivity index (χ2v) is 8.98. The molecule has 2 N–H and O–H groups in total. The highest BCUT2D eigenvalue weighted by atomic mass is 15.5. The van der Waals surface area contributed by atoms with E-state index in [1.54, 1.807) is 0 Å². The molecule has 5 aromatic rings. The molecule has 0 aliphatic rings. The average Bonchev–Trinajstić information content (AvgIpc) is 2.94. The molecule has 0 amide bonds. The largest absolute Gasteiger partial charge is 0.354 e. The number of nitrogens with zero attached hydrogens (tertiary/aromatic N) is 2. The Morgan fingerprint density at radius 3 is 1.59 bits per heavy atom. The third kappa shape index (κ3) is 6.06. The first-order valence-corrected chi connectivity index (χ1v) is 12.4. The third-order valence-corrected chi connectivity index (χ3v) is 6.06. The number of rotatable bonds is 8. The third-order valence-electron chi connectivity index (χ3n) is 6.06. The molecule has 182 valence electrons. The Morgan fingerprint density at radius 2 is 1.05 bits per heavy atom. The van der Waals surface area contributed by atoms with Crippen molar-refractivity contribution in [3.63, 3.8) is 0 Å². The molecule has 0 bridgehead atoms. The van der Waals surface area contributed by atoms with E-state index in [0.29, 0.717) is 0 Å². The molecule has 0 atom stereocenters. The zero-order valence-electron chi connectivity index (χ0n) is 21.1. The quantitative estimate of drug-likeness (QED) is 0.171. The molecule has 0 radical (unpaired) electrons. The summed E-state index contributed by atoms with van der Waals surface area (Å²) in [5.41, 5.74) is 9.37. The highest BCUT2D eigenvalue weighted by Crippen LogP contribution is 2.32. The second-order valence-electron chi connectivity index (χ2n) is 8.98. The van der Waals surface area contributed by atoms with Gasteiger partial charge in [0.05, 0.1) is 29.0 Å². The highest BCUT2D eigenvalue weighted by molar-refractivity contribution is 5.96. The number of nitrogens with one attached hydrogen (secondary N) is 2. The predicted octanol–water partition coefficient (Wildman–Crippen LogP) is 8.96. The van der Waals surface area contributed by atoms with Gasteiger partial charge in [0.25, 0.3) is 0 Å². The Balaban J connectivity index is 1.55. The topological polar surface area (TPSA) is 39.7 Å². The van der Waals surface area contributed by atoms with E-state index < -0.39 is 0 Å². The number of benzene rings is 5. The number of para-hydroxylation sites is 3. The zero-order valence-corrected chi connectivity index (χ0v) is 21.1. The molecular weight excluding hydrogens is 452 g/mol. The summed E-state index contributed by atoms with van der Waals surface area (Å²) in [5.74, 6) is 0. The lowest BCUT2D eigenvalue weighted by Crippen LogP contribution is -2.10. The first kappa shape index (κ1) is 23.9. The van der Waals surface area contributed by atoms with Gasteiger partial charge in [0.1, 0.15) is 0 Å². The van der Waals surface area contributed by atoms with Gasteiger partial charge in [0.2, 0.25) is 0 Å². The van der Waals surface area contributed by atoms with E-state index in [4.69, 9.17) is 5.10 Å². The van der Waals surface area contributed by atoms with Gasteiger partial charge >= 0.3 is 0 Å². The molecule has 37 heavy (non-hydrogen) atoms. The van der Waals surface area contributed by atoms with Crippen molar-refractivity contribution in [2.24, 2.45) is 5.10 Å². The SMILES string of the molecule is Cc1ccc(Nc2cccc(C=NN(c3ccccc3)c3ccccc3)c2Nc2ccc(C)cc2)cc1. The van der Waals surface area contributed by atoms with E-state index in [2.05, 4.69) is 109 Å². The minimum absolute atomic E-state index is 0.955. The highest BCUT2D eigenvalue weighted by Gasteiger charge is 2.11. The van der Waals surface area contributed by atoms with E-state index in [9.17, 15) is 0 Å². The molecule has 4 heteroatoms. The van der Waals surface area contributed by atoms with Crippen LogP contribution in [0.3, 0.4) is 0 Å². The van der Waals surface area contributed by atoms with Crippen molar-refractivity contribution in [3.05, 3.63) is 144 Å². The minimum Gasteiger partial charge on any atom is -0.354 e. The normalized spacial score (nSPS) is 10.9.